The summed E-state index contributed by atoms with van der Waals surface area (Å²) >= 11 is 0. The lowest BCUT2D eigenvalue weighted by molar-refractivity contribution is 0.227. The van der Waals surface area contributed by atoms with E-state index in [-0.39, 0.29) is 6.61 Å². The lowest BCUT2D eigenvalue weighted by atomic mass is 9.71. The van der Waals surface area contributed by atoms with Gasteiger partial charge in [-0.25, -0.2) is 0 Å². The van der Waals surface area contributed by atoms with Crippen LogP contribution in [-0.4, -0.2) is 37.4 Å². The zero-order valence-electron chi connectivity index (χ0n) is 14.1. The molecule has 0 saturated carbocycles. The molecule has 23 heavy (non-hydrogen) atoms. The molecule has 0 saturated heterocycles. The normalized spacial score (nSPS) is 13.2. The van der Waals surface area contributed by atoms with Crippen molar-refractivity contribution in [3.05, 3.63) is 23.8 Å². The highest BCUT2D eigenvalue weighted by Crippen LogP contribution is 2.42. The molecular formula is C18H28N2O3. The molecule has 5 nitrogen and oxygen atoms in total. The minimum Gasteiger partial charge on any atom is -0.494 e. The molecule has 0 aliphatic heterocycles. The van der Waals surface area contributed by atoms with Gasteiger partial charge in [0.15, 0.2) is 0 Å². The van der Waals surface area contributed by atoms with Crippen molar-refractivity contribution in [2.75, 3.05) is 19.8 Å². The monoisotopic (exact) mass is 320 g/mol. The zero-order valence-corrected chi connectivity index (χ0v) is 14.1. The highest BCUT2D eigenvalue weighted by Gasteiger charge is 2.33. The molecular weight excluding hydrogens is 292 g/mol. The molecule has 3 N–H and O–H groups in total. The third-order valence-corrected chi connectivity index (χ3v) is 3.98. The van der Waals surface area contributed by atoms with E-state index in [4.69, 9.17) is 20.3 Å². The Hall–Kier alpha value is -1.88. The number of aliphatic hydroxyl groups is 1. The first kappa shape index (κ1) is 19.2. The maximum atomic E-state index is 9.58. The number of ether oxygens (including phenoxy) is 2. The minimum absolute atomic E-state index is 0.0241. The lowest BCUT2D eigenvalue weighted by Gasteiger charge is -2.34. The van der Waals surface area contributed by atoms with Gasteiger partial charge in [0.05, 0.1) is 13.2 Å². The van der Waals surface area contributed by atoms with Crippen LogP contribution in [0, 0.1) is 10.8 Å². The minimum atomic E-state index is -0.425. The third-order valence-electron chi connectivity index (χ3n) is 3.98. The van der Waals surface area contributed by atoms with Crippen LogP contribution in [0.4, 0.5) is 0 Å². The van der Waals surface area contributed by atoms with Crippen molar-refractivity contribution in [3.63, 3.8) is 0 Å². The molecule has 1 aromatic rings. The van der Waals surface area contributed by atoms with E-state index in [1.165, 1.54) is 12.4 Å². The number of rotatable bonds is 12. The fourth-order valence-corrected chi connectivity index (χ4v) is 2.93. The molecule has 1 atom stereocenters. The molecule has 5 heteroatoms. The maximum Gasteiger partial charge on any atom is 0.123 e. The summed E-state index contributed by atoms with van der Waals surface area (Å²) in [5, 5.41) is 24.5. The lowest BCUT2D eigenvalue weighted by Crippen LogP contribution is -2.29. The Morgan fingerprint density at radius 1 is 1.09 bits per heavy atom. The summed E-state index contributed by atoms with van der Waals surface area (Å²) in [4.78, 5) is 0. The van der Waals surface area contributed by atoms with Crippen LogP contribution in [-0.2, 0) is 5.41 Å². The first-order valence-corrected chi connectivity index (χ1v) is 8.16. The van der Waals surface area contributed by atoms with E-state index in [0.717, 1.165) is 17.1 Å². The van der Waals surface area contributed by atoms with Gasteiger partial charge in [0.1, 0.15) is 11.5 Å². The largest absolute Gasteiger partial charge is 0.494 e. The van der Waals surface area contributed by atoms with Gasteiger partial charge in [-0.15, -0.1) is 0 Å². The highest BCUT2D eigenvalue weighted by molar-refractivity contribution is 5.60. The molecule has 0 aliphatic rings. The van der Waals surface area contributed by atoms with E-state index >= 15 is 0 Å². The Balaban J connectivity index is 3.40. The average Bonchev–Trinajstić information content (AvgIpc) is 2.55. The summed E-state index contributed by atoms with van der Waals surface area (Å²) < 4.78 is 11.4. The molecule has 1 aromatic carbocycles. The highest BCUT2D eigenvalue weighted by atomic mass is 16.5. The van der Waals surface area contributed by atoms with Crippen LogP contribution in [0.1, 0.15) is 45.1 Å². The van der Waals surface area contributed by atoms with Gasteiger partial charge in [0.25, 0.3) is 0 Å². The second-order valence-electron chi connectivity index (χ2n) is 5.43. The summed E-state index contributed by atoms with van der Waals surface area (Å²) in [6.07, 6.45) is 5.05. The quantitative estimate of drug-likeness (QED) is 0.515. The Morgan fingerprint density at radius 3 is 2.39 bits per heavy atom. The summed E-state index contributed by atoms with van der Waals surface area (Å²) in [6, 6.07) is 5.73. The van der Waals surface area contributed by atoms with Gasteiger partial charge in [-0.3, -0.25) is 0 Å². The number of hydrogen-bond acceptors (Lipinski definition) is 5. The summed E-state index contributed by atoms with van der Waals surface area (Å²) in [6.45, 7) is 5.01. The molecule has 0 radical (unpaired) electrons. The molecule has 0 amide bonds. The Bertz CT molecular complexity index is 505. The van der Waals surface area contributed by atoms with Crippen molar-refractivity contribution in [3.8, 4) is 11.5 Å². The maximum absolute atomic E-state index is 9.58. The fourth-order valence-electron chi connectivity index (χ4n) is 2.93. The van der Waals surface area contributed by atoms with Gasteiger partial charge >= 0.3 is 0 Å². The van der Waals surface area contributed by atoms with E-state index in [0.29, 0.717) is 38.9 Å². The molecule has 0 aliphatic carbocycles. The summed E-state index contributed by atoms with van der Waals surface area (Å²) in [5.41, 5.74) is 0.524. The molecule has 0 heterocycles. The second-order valence-corrected chi connectivity index (χ2v) is 5.43. The van der Waals surface area contributed by atoms with Crippen LogP contribution in [0.3, 0.4) is 0 Å². The summed E-state index contributed by atoms with van der Waals surface area (Å²) in [7, 11) is 0. The first-order valence-electron chi connectivity index (χ1n) is 8.16. The van der Waals surface area contributed by atoms with Crippen molar-refractivity contribution in [2.45, 2.75) is 44.9 Å². The fraction of sp³-hybridized carbons (Fsp3) is 0.556. The van der Waals surface area contributed by atoms with Crippen molar-refractivity contribution in [1.82, 2.24) is 0 Å². The van der Waals surface area contributed by atoms with E-state index in [2.05, 4.69) is 0 Å². The second kappa shape index (κ2) is 10.0. The molecule has 1 rings (SSSR count). The number of benzene rings is 1. The van der Waals surface area contributed by atoms with E-state index in [1.807, 2.05) is 32.0 Å². The molecule has 0 spiro atoms. The predicted molar refractivity (Wildman–Crippen MR) is 93.6 cm³/mol. The van der Waals surface area contributed by atoms with Gasteiger partial charge in [0, 0.05) is 17.6 Å². The van der Waals surface area contributed by atoms with E-state index < -0.39 is 5.41 Å². The van der Waals surface area contributed by atoms with Crippen LogP contribution in [0.25, 0.3) is 0 Å². The van der Waals surface area contributed by atoms with E-state index in [1.54, 1.807) is 0 Å². The Labute approximate surface area is 138 Å². The van der Waals surface area contributed by atoms with Gasteiger partial charge in [0.2, 0.25) is 0 Å². The molecule has 0 aromatic heterocycles. The van der Waals surface area contributed by atoms with Gasteiger partial charge in [-0.1, -0.05) is 0 Å². The molecule has 0 fully saturated rings. The van der Waals surface area contributed by atoms with Gasteiger partial charge in [-0.2, -0.15) is 0 Å². The van der Waals surface area contributed by atoms with Crippen molar-refractivity contribution >= 4 is 12.4 Å². The Kier molecular flexibility index (Phi) is 8.33. The summed E-state index contributed by atoms with van der Waals surface area (Å²) in [5.74, 6) is 1.52. The van der Waals surface area contributed by atoms with Crippen LogP contribution in [0.15, 0.2) is 18.2 Å². The number of aliphatic hydroxyl groups excluding tert-OH is 1. The molecule has 128 valence electrons. The smallest absolute Gasteiger partial charge is 0.123 e. The van der Waals surface area contributed by atoms with Gasteiger partial charge < -0.3 is 25.4 Å². The Morgan fingerprint density at radius 2 is 1.83 bits per heavy atom. The van der Waals surface area contributed by atoms with Gasteiger partial charge in [-0.05, 0) is 70.2 Å². The van der Waals surface area contributed by atoms with Crippen LogP contribution in [0.5, 0.6) is 11.5 Å². The SMILES string of the molecule is CCOc1ccc(OCC)c(C(CC=N)(CCO)CCC=N)c1. The van der Waals surface area contributed by atoms with Crippen molar-refractivity contribution in [2.24, 2.45) is 0 Å². The van der Waals surface area contributed by atoms with Crippen molar-refractivity contribution < 1.29 is 14.6 Å². The zero-order chi connectivity index (χ0) is 17.1. The van der Waals surface area contributed by atoms with Crippen LogP contribution in [0.2, 0.25) is 0 Å². The first-order chi connectivity index (χ1) is 11.2. The predicted octanol–water partition coefficient (Wildman–Crippen LogP) is 3.57. The van der Waals surface area contributed by atoms with E-state index in [9.17, 15) is 5.11 Å². The number of nitrogens with one attached hydrogen (secondary N) is 2. The average molecular weight is 320 g/mol. The standard InChI is InChI=1S/C18H28N2O3/c1-3-22-15-6-7-17(23-4-2)16(14-15)18(9-12-20,10-13-21)8-5-11-19/h6-7,11-12,14,19-21H,3-5,8-10,13H2,1-2H3. The third kappa shape index (κ3) is 5.06. The topological polar surface area (TPSA) is 86.4 Å². The van der Waals surface area contributed by atoms with Crippen LogP contribution < -0.4 is 9.47 Å². The molecule has 1 unspecified atom stereocenters. The number of hydrogen-bond donors (Lipinski definition) is 3. The molecule has 0 bridgehead atoms. The van der Waals surface area contributed by atoms with Crippen LogP contribution >= 0.6 is 0 Å². The van der Waals surface area contributed by atoms with Crippen molar-refractivity contribution in [1.29, 1.82) is 10.8 Å².